The minimum Gasteiger partial charge on any atom is -0.726 e. The third-order valence-electron chi connectivity index (χ3n) is 4.64. The van der Waals surface area contributed by atoms with Crippen molar-refractivity contribution in [1.82, 2.24) is 9.55 Å². The molecular weight excluding hydrogens is 504 g/mol. The molecule has 0 aliphatic heterocycles. The summed E-state index contributed by atoms with van der Waals surface area (Å²) in [7, 11) is -3.00. The largest absolute Gasteiger partial charge is 0.726 e. The summed E-state index contributed by atoms with van der Waals surface area (Å²) in [5, 5.41) is 0.977. The molecule has 35 heavy (non-hydrogen) atoms. The average molecular weight is 533 g/mol. The van der Waals surface area contributed by atoms with E-state index >= 15 is 0 Å². The number of pyridine rings is 1. The summed E-state index contributed by atoms with van der Waals surface area (Å²) < 4.78 is 64.7. The van der Waals surface area contributed by atoms with Gasteiger partial charge in [-0.25, -0.2) is 13.4 Å². The number of nitrogen functional groups attached to an aromatic ring is 2. The summed E-state index contributed by atoms with van der Waals surface area (Å²) in [6.45, 7) is 4.01. The number of hydrogen-bond acceptors (Lipinski definition) is 11. The van der Waals surface area contributed by atoms with Crippen molar-refractivity contribution >= 4 is 49.0 Å². The molecule has 0 amide bonds. The van der Waals surface area contributed by atoms with Gasteiger partial charge in [0.05, 0.1) is 31.0 Å². The number of nitrogens with zero attached hydrogens (tertiary/aromatic N) is 4. The molecule has 5 N–H and O–H groups in total. The van der Waals surface area contributed by atoms with Crippen LogP contribution in [0.4, 0.5) is 17.3 Å². The van der Waals surface area contributed by atoms with E-state index in [0.717, 1.165) is 47.9 Å². The Balaban J connectivity index is 0.000000425. The first-order chi connectivity index (χ1) is 16.0. The third kappa shape index (κ3) is 9.55. The van der Waals surface area contributed by atoms with Crippen LogP contribution in [-0.4, -0.2) is 49.7 Å². The second-order valence-corrected chi connectivity index (χ2v) is 9.29. The lowest BCUT2D eigenvalue weighted by atomic mass is 10.1. The first-order valence-corrected chi connectivity index (χ1v) is 12.3. The number of hydrogen-bond donors (Lipinski definition) is 3. The van der Waals surface area contributed by atoms with Crippen molar-refractivity contribution in [2.24, 2.45) is 19.1 Å². The molecule has 16 heteroatoms. The van der Waals surface area contributed by atoms with E-state index in [4.69, 9.17) is 16.0 Å². The molecule has 0 spiro atoms. The van der Waals surface area contributed by atoms with Crippen molar-refractivity contribution in [3.63, 3.8) is 0 Å². The second-order valence-electron chi connectivity index (χ2n) is 6.96. The first kappa shape index (κ1) is 29.9. The summed E-state index contributed by atoms with van der Waals surface area (Å²) in [4.78, 5) is 8.88. The zero-order valence-electron chi connectivity index (χ0n) is 20.0. The average Bonchev–Trinajstić information content (AvgIpc) is 2.76. The van der Waals surface area contributed by atoms with Crippen molar-refractivity contribution < 1.29 is 38.9 Å². The van der Waals surface area contributed by atoms with Gasteiger partial charge in [-0.05, 0) is 19.1 Å². The van der Waals surface area contributed by atoms with Crippen LogP contribution in [0.3, 0.4) is 0 Å². The highest BCUT2D eigenvalue weighted by Crippen LogP contribution is 2.24. The van der Waals surface area contributed by atoms with Crippen LogP contribution in [0.5, 0.6) is 0 Å². The van der Waals surface area contributed by atoms with E-state index in [-0.39, 0.29) is 0 Å². The molecule has 0 saturated carbocycles. The number of nitrogens with two attached hydrogens (primary N) is 2. The summed E-state index contributed by atoms with van der Waals surface area (Å²) in [6.07, 6.45) is 0. The van der Waals surface area contributed by atoms with Crippen LogP contribution in [0.2, 0.25) is 0 Å². The molecule has 0 aliphatic carbocycles. The van der Waals surface area contributed by atoms with Crippen molar-refractivity contribution in [3.8, 4) is 0 Å². The minimum atomic E-state index is -4.41. The molecule has 2 aromatic heterocycles. The standard InChI is InChI=1S/C17H20N6.2CH4O4S/c1-10-7-14(18)13-9-12(5-6-15(13)22(10)3)20-16-8-11(2)23(4)17(19)21-16;2*1-5-6(2,3)4/h5-9,18H,1-4H3,(H2,19,20,21);2*1H3,(H,2,3,4). The number of aryl methyl sites for hydroxylation is 3. The first-order valence-electron chi connectivity index (χ1n) is 9.57. The number of anilines is 2. The molecule has 194 valence electrons. The molecule has 3 rings (SSSR count). The Morgan fingerprint density at radius 2 is 1.63 bits per heavy atom. The molecule has 0 fully saturated rings. The van der Waals surface area contributed by atoms with Crippen molar-refractivity contribution in [2.75, 3.05) is 25.7 Å². The number of benzene rings is 1. The molecule has 0 atom stereocenters. The van der Waals surface area contributed by atoms with Gasteiger partial charge in [0.2, 0.25) is 21.9 Å². The monoisotopic (exact) mass is 532 g/mol. The van der Waals surface area contributed by atoms with Crippen molar-refractivity contribution in [2.45, 2.75) is 13.8 Å². The molecular formula is C19H28N6O8S2. The fraction of sp³-hybridized carbons (Fsp3) is 0.316. The van der Waals surface area contributed by atoms with Gasteiger partial charge in [-0.3, -0.25) is 12.9 Å². The van der Waals surface area contributed by atoms with Crippen LogP contribution in [0.1, 0.15) is 11.4 Å². The molecule has 2 heterocycles. The van der Waals surface area contributed by atoms with E-state index in [1.165, 1.54) is 0 Å². The maximum atomic E-state index is 9.33. The van der Waals surface area contributed by atoms with Gasteiger partial charge in [0, 0.05) is 37.9 Å². The third-order valence-corrected chi connectivity index (χ3v) is 5.47. The highest BCUT2D eigenvalue weighted by atomic mass is 32.3. The van der Waals surface area contributed by atoms with Crippen molar-refractivity contribution in [1.29, 1.82) is 0 Å². The summed E-state index contributed by atoms with van der Waals surface area (Å²) in [5.74, 6) is 0.436. The quantitative estimate of drug-likeness (QED) is 0.230. The lowest BCUT2D eigenvalue weighted by molar-refractivity contribution is -0.651. The second kappa shape index (κ2) is 12.0. The molecule has 0 saturated heterocycles. The van der Waals surface area contributed by atoms with E-state index in [1.54, 1.807) is 0 Å². The van der Waals surface area contributed by atoms with Crippen LogP contribution < -0.4 is 21.5 Å². The van der Waals surface area contributed by atoms with Crippen molar-refractivity contribution in [3.05, 3.63) is 47.2 Å². The number of aromatic nitrogens is 3. The van der Waals surface area contributed by atoms with E-state index in [0.29, 0.717) is 11.4 Å². The van der Waals surface area contributed by atoms with Crippen LogP contribution >= 0.6 is 0 Å². The van der Waals surface area contributed by atoms with Gasteiger partial charge in [-0.15, -0.1) is 0 Å². The topological polar surface area (TPSA) is 216 Å². The molecule has 0 radical (unpaired) electrons. The normalized spacial score (nSPS) is 11.9. The van der Waals surface area contributed by atoms with Crippen LogP contribution in [0, 0.1) is 13.8 Å². The molecule has 1 aromatic carbocycles. The predicted molar refractivity (Wildman–Crippen MR) is 127 cm³/mol. The van der Waals surface area contributed by atoms with Crippen LogP contribution in [-0.2, 0) is 43.3 Å². The SMILES string of the molecule is COS(=O)(=O)O.COS(=O)(=O)[O-].Cc1cc(=Nc2ccc3c(c2)c(N)cc(C)[n+]3C)nc(N)n1C. The van der Waals surface area contributed by atoms with Gasteiger partial charge in [-0.2, -0.15) is 18.0 Å². The van der Waals surface area contributed by atoms with Gasteiger partial charge >= 0.3 is 10.4 Å². The van der Waals surface area contributed by atoms with E-state index in [9.17, 15) is 21.4 Å². The smallest absolute Gasteiger partial charge is 0.397 e. The Kier molecular flexibility index (Phi) is 10.2. The molecule has 0 aliphatic rings. The Labute approximate surface area is 203 Å². The predicted octanol–water partition coefficient (Wildman–Crippen LogP) is -0.0600. The summed E-state index contributed by atoms with van der Waals surface area (Å²) >= 11 is 0. The number of rotatable bonds is 3. The zero-order chi connectivity index (χ0) is 27.1. The van der Waals surface area contributed by atoms with Gasteiger partial charge in [0.1, 0.15) is 7.05 Å². The van der Waals surface area contributed by atoms with Crippen LogP contribution in [0.15, 0.2) is 35.3 Å². The Morgan fingerprint density at radius 1 is 1.09 bits per heavy atom. The minimum absolute atomic E-state index is 0.436. The number of fused-ring (bicyclic) bond motifs is 1. The molecule has 14 nitrogen and oxygen atoms in total. The van der Waals surface area contributed by atoms with E-state index < -0.39 is 20.8 Å². The van der Waals surface area contributed by atoms with Gasteiger partial charge in [0.25, 0.3) is 0 Å². The highest BCUT2D eigenvalue weighted by Gasteiger charge is 2.12. The fourth-order valence-electron chi connectivity index (χ4n) is 2.59. The maximum Gasteiger partial charge on any atom is 0.397 e. The van der Waals surface area contributed by atoms with Gasteiger partial charge in [-0.1, -0.05) is 0 Å². The van der Waals surface area contributed by atoms with Gasteiger partial charge in [0.15, 0.2) is 11.2 Å². The Morgan fingerprint density at radius 3 is 2.09 bits per heavy atom. The zero-order valence-corrected chi connectivity index (χ0v) is 21.6. The summed E-state index contributed by atoms with van der Waals surface area (Å²) in [6, 6.07) is 9.83. The van der Waals surface area contributed by atoms with E-state index in [2.05, 4.69) is 22.9 Å². The highest BCUT2D eigenvalue weighted by molar-refractivity contribution is 7.81. The van der Waals surface area contributed by atoms with Gasteiger partial charge < -0.3 is 20.6 Å². The van der Waals surface area contributed by atoms with Crippen LogP contribution in [0.25, 0.3) is 10.9 Å². The molecule has 0 unspecified atom stereocenters. The lowest BCUT2D eigenvalue weighted by Gasteiger charge is -2.07. The van der Waals surface area contributed by atoms with E-state index in [1.807, 2.05) is 62.8 Å². The summed E-state index contributed by atoms with van der Waals surface area (Å²) in [5.41, 5.74) is 17.4. The lowest BCUT2D eigenvalue weighted by Crippen LogP contribution is -2.32. The maximum absolute atomic E-state index is 9.33. The Bertz CT molecular complexity index is 1430. The fourth-order valence-corrected chi connectivity index (χ4v) is 2.59. The molecule has 0 bridgehead atoms. The Hall–Kier alpha value is -3.15. The molecule has 3 aromatic rings.